The van der Waals surface area contributed by atoms with Crippen LogP contribution in [0.4, 0.5) is 0 Å². The Kier molecular flexibility index (Phi) is 4.89. The van der Waals surface area contributed by atoms with Gasteiger partial charge in [0.2, 0.25) is 0 Å². The van der Waals surface area contributed by atoms with Gasteiger partial charge >= 0.3 is 0 Å². The number of carbonyl (C=O) groups is 1. The Labute approximate surface area is 122 Å². The van der Waals surface area contributed by atoms with Crippen LogP contribution in [0.5, 0.6) is 0 Å². The molecule has 0 aliphatic heterocycles. The number of benzene rings is 1. The molecule has 0 unspecified atom stereocenters. The molecule has 0 atom stereocenters. The third-order valence-electron chi connectivity index (χ3n) is 3.32. The molecule has 1 aliphatic rings. The van der Waals surface area contributed by atoms with E-state index in [-0.39, 0.29) is 11.7 Å². The topological polar surface area (TPSA) is 78.9 Å². The van der Waals surface area contributed by atoms with Crippen LogP contribution in [0.1, 0.15) is 29.6 Å². The van der Waals surface area contributed by atoms with Gasteiger partial charge < -0.3 is 15.8 Å². The van der Waals surface area contributed by atoms with Crippen molar-refractivity contribution >= 4 is 23.5 Å². The van der Waals surface area contributed by atoms with E-state index in [0.717, 1.165) is 23.3 Å². The van der Waals surface area contributed by atoms with Gasteiger partial charge in [-0.05, 0) is 31.2 Å². The monoisotopic (exact) mass is 293 g/mol. The number of carbonyl (C=O) groups excluding carboxylic acids is 1. The lowest BCUT2D eigenvalue weighted by molar-refractivity contribution is 0.0744. The van der Waals surface area contributed by atoms with E-state index in [9.17, 15) is 4.79 Å². The van der Waals surface area contributed by atoms with Gasteiger partial charge in [-0.25, -0.2) is 0 Å². The molecular weight excluding hydrogens is 274 g/mol. The van der Waals surface area contributed by atoms with Crippen molar-refractivity contribution < 1.29 is 10.0 Å². The zero-order valence-electron chi connectivity index (χ0n) is 11.5. The normalized spacial score (nSPS) is 15.2. The van der Waals surface area contributed by atoms with E-state index in [1.165, 1.54) is 0 Å². The first-order chi connectivity index (χ1) is 9.67. The maximum absolute atomic E-state index is 12.7. The molecule has 0 aromatic heterocycles. The minimum absolute atomic E-state index is 0.0307. The molecule has 1 aliphatic carbocycles. The van der Waals surface area contributed by atoms with Crippen LogP contribution in [0, 0.1) is 0 Å². The molecule has 5 nitrogen and oxygen atoms in total. The number of hydrogen-bond acceptors (Lipinski definition) is 4. The van der Waals surface area contributed by atoms with Crippen LogP contribution < -0.4 is 5.73 Å². The predicted molar refractivity (Wildman–Crippen MR) is 80.3 cm³/mol. The third-order valence-corrected chi connectivity index (χ3v) is 4.12. The number of nitrogens with two attached hydrogens (primary N) is 1. The number of hydrogen-bond donors (Lipinski definition) is 2. The zero-order chi connectivity index (χ0) is 14.5. The minimum Gasteiger partial charge on any atom is -0.409 e. The van der Waals surface area contributed by atoms with Crippen molar-refractivity contribution in [2.24, 2.45) is 10.9 Å². The van der Waals surface area contributed by atoms with Crippen LogP contribution in [0.25, 0.3) is 0 Å². The van der Waals surface area contributed by atoms with Gasteiger partial charge in [0.1, 0.15) is 5.84 Å². The average Bonchev–Trinajstić information content (AvgIpc) is 3.31. The number of rotatable bonds is 6. The van der Waals surface area contributed by atoms with Crippen molar-refractivity contribution in [1.29, 1.82) is 0 Å². The van der Waals surface area contributed by atoms with Crippen LogP contribution in [0.15, 0.2) is 34.3 Å². The Balaban J connectivity index is 2.14. The van der Waals surface area contributed by atoms with Gasteiger partial charge in [0, 0.05) is 23.9 Å². The second-order valence-corrected chi connectivity index (χ2v) is 5.62. The highest BCUT2D eigenvalue weighted by Gasteiger charge is 2.33. The summed E-state index contributed by atoms with van der Waals surface area (Å²) in [7, 11) is 0. The summed E-state index contributed by atoms with van der Waals surface area (Å²) in [6.07, 6.45) is 4.41. The molecular formula is C14H19N3O2S. The Bertz CT molecular complexity index is 515. The number of amides is 1. The Hall–Kier alpha value is -1.69. The molecule has 0 spiro atoms. The largest absolute Gasteiger partial charge is 0.409 e. The van der Waals surface area contributed by atoms with Crippen LogP contribution in [0.3, 0.4) is 0 Å². The van der Waals surface area contributed by atoms with Crippen LogP contribution in [0.2, 0.25) is 0 Å². The van der Waals surface area contributed by atoms with Crippen molar-refractivity contribution in [1.82, 2.24) is 4.90 Å². The molecule has 20 heavy (non-hydrogen) atoms. The van der Waals surface area contributed by atoms with E-state index in [0.29, 0.717) is 19.0 Å². The number of nitrogens with zero attached hydrogens (tertiary/aromatic N) is 2. The van der Waals surface area contributed by atoms with Crippen LogP contribution >= 0.6 is 11.8 Å². The molecule has 1 aromatic carbocycles. The molecule has 0 radical (unpaired) electrons. The van der Waals surface area contributed by atoms with Crippen LogP contribution in [-0.4, -0.2) is 40.7 Å². The van der Waals surface area contributed by atoms with Gasteiger partial charge in [0.05, 0.1) is 5.56 Å². The second kappa shape index (κ2) is 6.65. The average molecular weight is 293 g/mol. The van der Waals surface area contributed by atoms with Crippen molar-refractivity contribution in [2.75, 3.05) is 12.8 Å². The Morgan fingerprint density at radius 1 is 1.50 bits per heavy atom. The maximum atomic E-state index is 12.7. The van der Waals surface area contributed by atoms with E-state index < -0.39 is 0 Å². The van der Waals surface area contributed by atoms with E-state index in [1.54, 1.807) is 11.8 Å². The van der Waals surface area contributed by atoms with Crippen molar-refractivity contribution in [3.05, 3.63) is 29.8 Å². The summed E-state index contributed by atoms with van der Waals surface area (Å²) in [5.41, 5.74) is 6.22. The minimum atomic E-state index is 0.0307. The smallest absolute Gasteiger partial charge is 0.255 e. The summed E-state index contributed by atoms with van der Waals surface area (Å²) >= 11 is 1.57. The van der Waals surface area contributed by atoms with E-state index in [1.807, 2.05) is 35.4 Å². The summed E-state index contributed by atoms with van der Waals surface area (Å²) in [4.78, 5) is 15.5. The molecule has 3 N–H and O–H groups in total. The SMILES string of the molecule is CSc1ccccc1C(=O)N(CCC(N)=NO)C1CC1. The van der Waals surface area contributed by atoms with Gasteiger partial charge in [-0.1, -0.05) is 17.3 Å². The van der Waals surface area contributed by atoms with Gasteiger partial charge in [-0.15, -0.1) is 11.8 Å². The predicted octanol–water partition coefficient (Wildman–Crippen LogP) is 2.15. The zero-order valence-corrected chi connectivity index (χ0v) is 12.3. The molecule has 108 valence electrons. The first-order valence-corrected chi connectivity index (χ1v) is 7.80. The number of thioether (sulfide) groups is 1. The highest BCUT2D eigenvalue weighted by Crippen LogP contribution is 2.30. The van der Waals surface area contributed by atoms with E-state index >= 15 is 0 Å². The molecule has 1 saturated carbocycles. The lowest BCUT2D eigenvalue weighted by Gasteiger charge is -2.23. The molecule has 2 rings (SSSR count). The summed E-state index contributed by atoms with van der Waals surface area (Å²) < 4.78 is 0. The summed E-state index contributed by atoms with van der Waals surface area (Å²) in [6, 6.07) is 7.91. The lowest BCUT2D eigenvalue weighted by Crippen LogP contribution is -2.36. The molecule has 6 heteroatoms. The maximum Gasteiger partial charge on any atom is 0.255 e. The standard InChI is InChI=1S/C14H19N3O2S/c1-20-12-5-3-2-4-11(12)14(18)17(10-6-7-10)9-8-13(15)16-19/h2-5,10,19H,6-9H2,1H3,(H2,15,16). The fraction of sp³-hybridized carbons (Fsp3) is 0.429. The fourth-order valence-corrected chi connectivity index (χ4v) is 2.69. The number of oxime groups is 1. The molecule has 1 aromatic rings. The van der Waals surface area contributed by atoms with Gasteiger partial charge in [-0.2, -0.15) is 0 Å². The number of amidine groups is 1. The first kappa shape index (κ1) is 14.7. The first-order valence-electron chi connectivity index (χ1n) is 6.57. The quantitative estimate of drug-likeness (QED) is 0.277. The van der Waals surface area contributed by atoms with Crippen molar-refractivity contribution in [2.45, 2.75) is 30.2 Å². The third kappa shape index (κ3) is 3.45. The van der Waals surface area contributed by atoms with E-state index in [4.69, 9.17) is 10.9 Å². The van der Waals surface area contributed by atoms with Gasteiger partial charge in [-0.3, -0.25) is 4.79 Å². The molecule has 1 amide bonds. The lowest BCUT2D eigenvalue weighted by atomic mass is 10.2. The summed E-state index contributed by atoms with van der Waals surface area (Å²) in [5.74, 6) is 0.185. The molecule has 0 saturated heterocycles. The van der Waals surface area contributed by atoms with Gasteiger partial charge in [0.25, 0.3) is 5.91 Å². The second-order valence-electron chi connectivity index (χ2n) is 4.77. The van der Waals surface area contributed by atoms with Crippen LogP contribution in [-0.2, 0) is 0 Å². The Morgan fingerprint density at radius 3 is 2.80 bits per heavy atom. The Morgan fingerprint density at radius 2 is 2.20 bits per heavy atom. The summed E-state index contributed by atoms with van der Waals surface area (Å²) in [6.45, 7) is 0.488. The van der Waals surface area contributed by atoms with E-state index in [2.05, 4.69) is 5.16 Å². The van der Waals surface area contributed by atoms with Crippen molar-refractivity contribution in [3.63, 3.8) is 0 Å². The molecule has 1 fully saturated rings. The van der Waals surface area contributed by atoms with Crippen molar-refractivity contribution in [3.8, 4) is 0 Å². The highest BCUT2D eigenvalue weighted by atomic mass is 32.2. The summed E-state index contributed by atoms with van der Waals surface area (Å²) in [5, 5.41) is 11.6. The highest BCUT2D eigenvalue weighted by molar-refractivity contribution is 7.98. The van der Waals surface area contributed by atoms with Gasteiger partial charge in [0.15, 0.2) is 0 Å². The fourth-order valence-electron chi connectivity index (χ4n) is 2.10. The molecule has 0 heterocycles. The molecule has 0 bridgehead atoms.